The highest BCUT2D eigenvalue weighted by Crippen LogP contribution is 2.23. The molecule has 0 aliphatic heterocycles. The number of rotatable bonds is 3. The minimum atomic E-state index is -0.471. The third-order valence-corrected chi connectivity index (χ3v) is 4.58. The maximum Gasteiger partial charge on any atom is 0.271 e. The van der Waals surface area contributed by atoms with Gasteiger partial charge in [-0.3, -0.25) is 14.0 Å². The molecule has 7 heteroatoms. The zero-order valence-electron chi connectivity index (χ0n) is 12.7. The number of para-hydroxylation sites is 1. The SMILES string of the molecule is C[C@@H](NC(=O)c1cnc2sccn2c1=O)c1cc2ccccc2o1. The first-order valence-corrected chi connectivity index (χ1v) is 8.25. The molecular weight excluding hydrogens is 326 g/mol. The first-order valence-electron chi connectivity index (χ1n) is 7.37. The Morgan fingerprint density at radius 3 is 3.04 bits per heavy atom. The number of hydrogen-bond acceptors (Lipinski definition) is 5. The van der Waals surface area contributed by atoms with Crippen molar-refractivity contribution in [3.8, 4) is 0 Å². The number of nitrogens with zero attached hydrogens (tertiary/aromatic N) is 2. The van der Waals surface area contributed by atoms with E-state index in [1.54, 1.807) is 11.6 Å². The van der Waals surface area contributed by atoms with Crippen molar-refractivity contribution in [1.29, 1.82) is 0 Å². The molecule has 1 N–H and O–H groups in total. The van der Waals surface area contributed by atoms with Gasteiger partial charge in [0.25, 0.3) is 11.5 Å². The number of amides is 1. The summed E-state index contributed by atoms with van der Waals surface area (Å²) < 4.78 is 7.11. The van der Waals surface area contributed by atoms with Crippen molar-refractivity contribution in [2.75, 3.05) is 0 Å². The minimum absolute atomic E-state index is 0.00820. The summed E-state index contributed by atoms with van der Waals surface area (Å²) in [5.74, 6) is 0.162. The van der Waals surface area contributed by atoms with Crippen LogP contribution in [0, 0.1) is 0 Å². The van der Waals surface area contributed by atoms with Crippen molar-refractivity contribution in [2.24, 2.45) is 0 Å². The molecular formula is C17H13N3O3S. The smallest absolute Gasteiger partial charge is 0.271 e. The Kier molecular flexibility index (Phi) is 3.42. The van der Waals surface area contributed by atoms with Crippen molar-refractivity contribution in [2.45, 2.75) is 13.0 Å². The average Bonchev–Trinajstić information content (AvgIpc) is 3.21. The molecule has 4 aromatic rings. The van der Waals surface area contributed by atoms with Gasteiger partial charge in [0.05, 0.1) is 6.04 Å². The van der Waals surface area contributed by atoms with E-state index in [2.05, 4.69) is 10.3 Å². The molecule has 0 saturated carbocycles. The van der Waals surface area contributed by atoms with Gasteiger partial charge in [-0.2, -0.15) is 0 Å². The van der Waals surface area contributed by atoms with E-state index < -0.39 is 5.91 Å². The number of hydrogen-bond donors (Lipinski definition) is 1. The third-order valence-electron chi connectivity index (χ3n) is 3.81. The normalized spacial score (nSPS) is 12.5. The molecule has 3 heterocycles. The Morgan fingerprint density at radius 1 is 1.38 bits per heavy atom. The molecule has 1 amide bonds. The van der Waals surface area contributed by atoms with Crippen LogP contribution in [0.4, 0.5) is 0 Å². The van der Waals surface area contributed by atoms with Crippen LogP contribution in [0.1, 0.15) is 29.1 Å². The molecule has 0 fully saturated rings. The Labute approximate surface area is 140 Å². The van der Waals surface area contributed by atoms with Crippen molar-refractivity contribution in [3.05, 3.63) is 69.8 Å². The van der Waals surface area contributed by atoms with Crippen LogP contribution in [0.15, 0.2) is 57.3 Å². The highest BCUT2D eigenvalue weighted by molar-refractivity contribution is 7.15. The van der Waals surface area contributed by atoms with Crippen molar-refractivity contribution >= 4 is 33.2 Å². The highest BCUT2D eigenvalue weighted by atomic mass is 32.1. The fourth-order valence-corrected chi connectivity index (χ4v) is 3.22. The molecule has 0 spiro atoms. The van der Waals surface area contributed by atoms with Gasteiger partial charge in [0.2, 0.25) is 0 Å². The molecule has 0 radical (unpaired) electrons. The van der Waals surface area contributed by atoms with Gasteiger partial charge in [0.1, 0.15) is 16.9 Å². The van der Waals surface area contributed by atoms with E-state index in [0.717, 1.165) is 11.0 Å². The van der Waals surface area contributed by atoms with Crippen LogP contribution in [0.5, 0.6) is 0 Å². The highest BCUT2D eigenvalue weighted by Gasteiger charge is 2.18. The standard InChI is InChI=1S/C17H13N3O3S/c1-10(14-8-11-4-2-3-5-13(11)23-14)19-15(21)12-9-18-17-20(16(12)22)6-7-24-17/h2-10H,1H3,(H,19,21)/t10-/m1/s1. The molecule has 3 aromatic heterocycles. The summed E-state index contributed by atoms with van der Waals surface area (Å²) in [6.07, 6.45) is 2.92. The van der Waals surface area contributed by atoms with E-state index in [1.807, 2.05) is 37.3 Å². The fraction of sp³-hybridized carbons (Fsp3) is 0.118. The zero-order valence-corrected chi connectivity index (χ0v) is 13.5. The monoisotopic (exact) mass is 339 g/mol. The number of thiazole rings is 1. The Bertz CT molecular complexity index is 1080. The molecule has 6 nitrogen and oxygen atoms in total. The molecule has 4 rings (SSSR count). The van der Waals surface area contributed by atoms with Gasteiger partial charge in [-0.15, -0.1) is 11.3 Å². The fourth-order valence-electron chi connectivity index (χ4n) is 2.54. The second-order valence-corrected chi connectivity index (χ2v) is 6.29. The van der Waals surface area contributed by atoms with Gasteiger partial charge < -0.3 is 9.73 Å². The number of carbonyl (C=O) groups excluding carboxylic acids is 1. The summed E-state index contributed by atoms with van der Waals surface area (Å²) in [5, 5.41) is 5.51. The third kappa shape index (κ3) is 2.39. The van der Waals surface area contributed by atoms with E-state index in [1.165, 1.54) is 21.9 Å². The van der Waals surface area contributed by atoms with E-state index >= 15 is 0 Å². The number of carbonyl (C=O) groups is 1. The predicted molar refractivity (Wildman–Crippen MR) is 91.4 cm³/mol. The van der Waals surface area contributed by atoms with Crippen molar-refractivity contribution in [1.82, 2.24) is 14.7 Å². The Balaban J connectivity index is 1.62. The first kappa shape index (κ1) is 14.6. The van der Waals surface area contributed by atoms with Gasteiger partial charge in [0.15, 0.2) is 4.96 Å². The lowest BCUT2D eigenvalue weighted by atomic mass is 10.2. The molecule has 24 heavy (non-hydrogen) atoms. The van der Waals surface area contributed by atoms with E-state index in [9.17, 15) is 9.59 Å². The van der Waals surface area contributed by atoms with Crippen LogP contribution in [0.25, 0.3) is 15.9 Å². The molecule has 0 bridgehead atoms. The number of furan rings is 1. The molecule has 1 aromatic carbocycles. The van der Waals surface area contributed by atoms with Gasteiger partial charge in [-0.1, -0.05) is 18.2 Å². The number of nitrogens with one attached hydrogen (secondary N) is 1. The summed E-state index contributed by atoms with van der Waals surface area (Å²) in [6, 6.07) is 9.14. The molecule has 120 valence electrons. The van der Waals surface area contributed by atoms with Gasteiger partial charge >= 0.3 is 0 Å². The van der Waals surface area contributed by atoms with Crippen LogP contribution in [0.3, 0.4) is 0 Å². The average molecular weight is 339 g/mol. The molecule has 0 aliphatic rings. The van der Waals surface area contributed by atoms with Crippen LogP contribution >= 0.6 is 11.3 Å². The lowest BCUT2D eigenvalue weighted by Gasteiger charge is -2.10. The quantitative estimate of drug-likeness (QED) is 0.622. The second-order valence-electron chi connectivity index (χ2n) is 5.41. The van der Waals surface area contributed by atoms with E-state index in [0.29, 0.717) is 10.7 Å². The summed E-state index contributed by atoms with van der Waals surface area (Å²) >= 11 is 1.34. The molecule has 0 unspecified atom stereocenters. The number of aromatic nitrogens is 2. The number of benzene rings is 1. The van der Waals surface area contributed by atoms with Gasteiger partial charge in [-0.05, 0) is 19.1 Å². The maximum atomic E-state index is 12.4. The Morgan fingerprint density at radius 2 is 2.21 bits per heavy atom. The minimum Gasteiger partial charge on any atom is -0.459 e. The largest absolute Gasteiger partial charge is 0.459 e. The van der Waals surface area contributed by atoms with Crippen LogP contribution in [-0.4, -0.2) is 15.3 Å². The zero-order chi connectivity index (χ0) is 16.7. The first-order chi connectivity index (χ1) is 11.6. The van der Waals surface area contributed by atoms with E-state index in [-0.39, 0.29) is 17.2 Å². The van der Waals surface area contributed by atoms with Crippen molar-refractivity contribution < 1.29 is 9.21 Å². The molecule has 1 atom stereocenters. The number of fused-ring (bicyclic) bond motifs is 2. The Hall–Kier alpha value is -2.93. The lowest BCUT2D eigenvalue weighted by Crippen LogP contribution is -2.32. The van der Waals surface area contributed by atoms with Crippen LogP contribution in [-0.2, 0) is 0 Å². The van der Waals surface area contributed by atoms with Gasteiger partial charge in [0, 0.05) is 23.2 Å². The topological polar surface area (TPSA) is 76.6 Å². The maximum absolute atomic E-state index is 12.4. The lowest BCUT2D eigenvalue weighted by molar-refractivity contribution is 0.0933. The summed E-state index contributed by atoms with van der Waals surface area (Å²) in [6.45, 7) is 1.81. The second kappa shape index (κ2) is 5.61. The molecule has 0 aliphatic carbocycles. The molecule has 0 saturated heterocycles. The summed E-state index contributed by atoms with van der Waals surface area (Å²) in [7, 11) is 0. The van der Waals surface area contributed by atoms with Gasteiger partial charge in [-0.25, -0.2) is 4.98 Å². The summed E-state index contributed by atoms with van der Waals surface area (Å²) in [5.41, 5.74) is 0.388. The van der Waals surface area contributed by atoms with Crippen molar-refractivity contribution in [3.63, 3.8) is 0 Å². The van der Waals surface area contributed by atoms with Crippen LogP contribution in [0.2, 0.25) is 0 Å². The van der Waals surface area contributed by atoms with Crippen LogP contribution < -0.4 is 10.9 Å². The summed E-state index contributed by atoms with van der Waals surface area (Å²) in [4.78, 5) is 29.5. The predicted octanol–water partition coefficient (Wildman–Crippen LogP) is 2.99. The van der Waals surface area contributed by atoms with E-state index in [4.69, 9.17) is 4.42 Å².